The van der Waals surface area contributed by atoms with Crippen molar-refractivity contribution in [2.24, 2.45) is 10.2 Å². The summed E-state index contributed by atoms with van der Waals surface area (Å²) in [6, 6.07) is 31.1. The van der Waals surface area contributed by atoms with Gasteiger partial charge in [-0.25, -0.2) is 9.36 Å². The van der Waals surface area contributed by atoms with E-state index in [-0.39, 0.29) is 91.1 Å². The standard InChI is InChI=1S/C66H76N10O7/c1-63(2,3)47-25-39-21-43-29-49(65(7,8)9)30-44(61(43)82-37-55-33-75(73-71-55)35-57(77)68-52-17-19-54(20-18-52)70-69-53-15-13-51(67)14-16-53)22-40-26-48(64(4,5)6)28-42(60(40)81)24-46-32-50(66(10,11)12)31-45(23-41(27-47)59(39)80)62(46)83-38-56-34-76(74-72-56)36-58(78)79/h13-20,25-34,80-81H,21-24,35-38,67H2,1-12H3,(H,68,77)(H,78,79). The zero-order valence-electron chi connectivity index (χ0n) is 49.7. The van der Waals surface area contributed by atoms with Crippen molar-refractivity contribution in [1.82, 2.24) is 30.0 Å². The summed E-state index contributed by atoms with van der Waals surface area (Å²) in [6.07, 6.45) is 4.41. The summed E-state index contributed by atoms with van der Waals surface area (Å²) in [4.78, 5) is 24.9. The second-order valence-corrected chi connectivity index (χ2v) is 25.9. The van der Waals surface area contributed by atoms with Crippen LogP contribution in [0.3, 0.4) is 0 Å². The first kappa shape index (κ1) is 58.8. The number of hydrogen-bond acceptors (Lipinski definition) is 13. The van der Waals surface area contributed by atoms with Gasteiger partial charge in [0.1, 0.15) is 60.7 Å². The van der Waals surface area contributed by atoms with Crippen LogP contribution >= 0.6 is 0 Å². The van der Waals surface area contributed by atoms with Crippen molar-refractivity contribution in [3.8, 4) is 23.0 Å². The number of hydrogen-bond donors (Lipinski definition) is 5. The molecule has 2 heterocycles. The van der Waals surface area contributed by atoms with E-state index in [0.29, 0.717) is 67.9 Å². The van der Waals surface area contributed by atoms with Crippen molar-refractivity contribution in [2.75, 3.05) is 11.1 Å². The number of aliphatic carboxylic acids is 1. The number of ether oxygens (including phenoxy) is 2. The molecule has 6 N–H and O–H groups in total. The van der Waals surface area contributed by atoms with Gasteiger partial charge in [-0.3, -0.25) is 9.59 Å². The first-order chi connectivity index (χ1) is 39.0. The molecular weight excluding hydrogens is 1040 g/mol. The number of aromatic nitrogens is 6. The molecule has 17 nitrogen and oxygen atoms in total. The lowest BCUT2D eigenvalue weighted by atomic mass is 9.79. The number of nitrogen functional groups attached to an aromatic ring is 1. The van der Waals surface area contributed by atoms with Gasteiger partial charge >= 0.3 is 5.97 Å². The van der Waals surface area contributed by atoms with Crippen molar-refractivity contribution in [3.05, 3.63) is 188 Å². The van der Waals surface area contributed by atoms with Gasteiger partial charge in [0.15, 0.2) is 0 Å². The lowest BCUT2D eigenvalue weighted by molar-refractivity contribution is -0.138. The number of rotatable bonds is 13. The molecule has 1 aliphatic rings. The number of fused-ring (bicyclic) bond motifs is 8. The Morgan fingerprint density at radius 3 is 1.18 bits per heavy atom. The van der Waals surface area contributed by atoms with E-state index in [4.69, 9.17) is 15.2 Å². The molecule has 83 heavy (non-hydrogen) atoms. The fraction of sp³-hybridized carbons (Fsp3) is 0.364. The molecule has 0 saturated heterocycles. The minimum absolute atomic E-state index is 0.00475. The number of phenols is 2. The van der Waals surface area contributed by atoms with Crippen molar-refractivity contribution >= 4 is 34.6 Å². The van der Waals surface area contributed by atoms with E-state index in [0.717, 1.165) is 44.5 Å². The molecule has 0 unspecified atom stereocenters. The number of carbonyl (C=O) groups is 2. The second-order valence-electron chi connectivity index (χ2n) is 25.9. The zero-order chi connectivity index (χ0) is 59.8. The lowest BCUT2D eigenvalue weighted by Crippen LogP contribution is -2.19. The van der Waals surface area contributed by atoms with E-state index < -0.39 is 5.97 Å². The van der Waals surface area contributed by atoms with Gasteiger partial charge in [-0.1, -0.05) is 142 Å². The number of carboxylic acid groups (broad SMARTS) is 1. The van der Waals surface area contributed by atoms with Gasteiger partial charge in [-0.2, -0.15) is 10.2 Å². The number of carbonyl (C=O) groups excluding carboxylic acids is 1. The Hall–Kier alpha value is -8.86. The average molecular weight is 1120 g/mol. The number of aromatic hydroxyl groups is 2. The molecule has 432 valence electrons. The van der Waals surface area contributed by atoms with Crippen LogP contribution in [-0.4, -0.2) is 57.2 Å². The molecule has 1 amide bonds. The maximum atomic E-state index is 13.4. The summed E-state index contributed by atoms with van der Waals surface area (Å²) in [5.41, 5.74) is 18.3. The number of azo groups is 1. The number of benzene rings is 6. The topological polar surface area (TPSA) is 237 Å². The molecule has 8 bridgehead atoms. The Morgan fingerprint density at radius 1 is 0.518 bits per heavy atom. The van der Waals surface area contributed by atoms with Gasteiger partial charge < -0.3 is 35.8 Å². The molecule has 6 aromatic carbocycles. The molecule has 17 heteroatoms. The van der Waals surface area contributed by atoms with Crippen LogP contribution < -0.4 is 20.5 Å². The van der Waals surface area contributed by atoms with E-state index >= 15 is 0 Å². The predicted octanol–water partition coefficient (Wildman–Crippen LogP) is 13.0. The van der Waals surface area contributed by atoms with Crippen LogP contribution in [0.5, 0.6) is 23.0 Å². The maximum absolute atomic E-state index is 13.4. The van der Waals surface area contributed by atoms with E-state index in [1.807, 2.05) is 0 Å². The van der Waals surface area contributed by atoms with Gasteiger partial charge in [0.2, 0.25) is 5.91 Å². The summed E-state index contributed by atoms with van der Waals surface area (Å²) in [5, 5.41) is 63.6. The highest BCUT2D eigenvalue weighted by Crippen LogP contribution is 2.44. The Morgan fingerprint density at radius 2 is 0.843 bits per heavy atom. The largest absolute Gasteiger partial charge is 0.507 e. The third-order valence-electron chi connectivity index (χ3n) is 14.8. The summed E-state index contributed by atoms with van der Waals surface area (Å²) < 4.78 is 16.6. The van der Waals surface area contributed by atoms with Gasteiger partial charge in [0.05, 0.1) is 23.8 Å². The first-order valence-corrected chi connectivity index (χ1v) is 28.0. The fourth-order valence-electron chi connectivity index (χ4n) is 10.0. The number of nitrogens with one attached hydrogen (secondary N) is 1. The van der Waals surface area contributed by atoms with Crippen molar-refractivity contribution in [3.63, 3.8) is 0 Å². The summed E-state index contributed by atoms with van der Waals surface area (Å²) in [7, 11) is 0. The normalized spacial score (nSPS) is 13.1. The number of anilines is 2. The van der Waals surface area contributed by atoms with Crippen molar-refractivity contribution in [1.29, 1.82) is 0 Å². The third-order valence-corrected chi connectivity index (χ3v) is 14.8. The van der Waals surface area contributed by atoms with Gasteiger partial charge in [-0.05, 0) is 137 Å². The van der Waals surface area contributed by atoms with Crippen LogP contribution in [0.15, 0.2) is 120 Å². The zero-order valence-corrected chi connectivity index (χ0v) is 49.7. The van der Waals surface area contributed by atoms with Crippen LogP contribution in [0, 0.1) is 0 Å². The fourth-order valence-corrected chi connectivity index (χ4v) is 10.0. The lowest BCUT2D eigenvalue weighted by Gasteiger charge is -2.28. The van der Waals surface area contributed by atoms with Crippen LogP contribution in [0.25, 0.3) is 0 Å². The van der Waals surface area contributed by atoms with E-state index in [1.165, 1.54) is 9.36 Å². The van der Waals surface area contributed by atoms with Crippen LogP contribution in [0.1, 0.15) is 161 Å². The Bertz CT molecular complexity index is 3620. The molecule has 0 saturated carbocycles. The monoisotopic (exact) mass is 1120 g/mol. The highest BCUT2D eigenvalue weighted by atomic mass is 16.5. The first-order valence-electron chi connectivity index (χ1n) is 28.0. The Balaban J connectivity index is 1.11. The number of phenolic OH excluding ortho intramolecular Hbond substituents is 2. The van der Waals surface area contributed by atoms with Gasteiger partial charge in [0.25, 0.3) is 0 Å². The van der Waals surface area contributed by atoms with Crippen LogP contribution in [0.2, 0.25) is 0 Å². The van der Waals surface area contributed by atoms with E-state index in [9.17, 15) is 24.9 Å². The quantitative estimate of drug-likeness (QED) is 0.0535. The highest BCUT2D eigenvalue weighted by molar-refractivity contribution is 5.90. The van der Waals surface area contributed by atoms with Crippen molar-refractivity contribution in [2.45, 2.75) is 157 Å². The SMILES string of the molecule is CC(C)(C)c1cc2c(O)c(c1)Cc1cc(C(C)(C)C)cc(c1OCc1cn(CC(=O)Nc3ccc(N=Nc4ccc(N)cc4)cc3)nn1)Cc1cc(C(C)(C)C)cc(c1O)Cc1cc(C(C)(C)C)cc(c1OCc1cn(CC(=O)O)nn1)C2. The van der Waals surface area contributed by atoms with E-state index in [1.54, 1.807) is 60.9 Å². The van der Waals surface area contributed by atoms with Gasteiger partial charge in [0, 0.05) is 37.1 Å². The van der Waals surface area contributed by atoms with Crippen LogP contribution in [-0.2, 0) is 83.2 Å². The van der Waals surface area contributed by atoms with Gasteiger partial charge in [-0.15, -0.1) is 10.2 Å². The molecule has 1 aliphatic carbocycles. The number of nitrogens with zero attached hydrogens (tertiary/aromatic N) is 8. The van der Waals surface area contributed by atoms with Crippen LogP contribution in [0.4, 0.5) is 22.7 Å². The number of carboxylic acids is 1. The average Bonchev–Trinajstić information content (AvgIpc) is 3.32. The van der Waals surface area contributed by atoms with Crippen molar-refractivity contribution < 1.29 is 34.4 Å². The minimum atomic E-state index is -1.04. The maximum Gasteiger partial charge on any atom is 0.325 e. The second kappa shape index (κ2) is 23.2. The highest BCUT2D eigenvalue weighted by Gasteiger charge is 2.29. The smallest absolute Gasteiger partial charge is 0.325 e. The van der Waals surface area contributed by atoms with E-state index in [2.05, 4.69) is 168 Å². The number of amides is 1. The summed E-state index contributed by atoms with van der Waals surface area (Å²) >= 11 is 0. The predicted molar refractivity (Wildman–Crippen MR) is 322 cm³/mol. The molecule has 2 aromatic heterocycles. The summed E-state index contributed by atoms with van der Waals surface area (Å²) in [6.45, 7) is 25.5. The molecule has 9 rings (SSSR count). The molecule has 0 atom stereocenters. The molecule has 0 aliphatic heterocycles. The molecular formula is C66H76N10O7. The minimum Gasteiger partial charge on any atom is -0.507 e. The molecule has 0 spiro atoms. The summed E-state index contributed by atoms with van der Waals surface area (Å²) in [5.74, 6) is 0.128. The Kier molecular flexibility index (Phi) is 16.4. The third kappa shape index (κ3) is 14.4. The molecule has 8 aromatic rings. The molecule has 0 fully saturated rings. The Labute approximate surface area is 485 Å². The molecule has 0 radical (unpaired) electrons. The number of nitrogens with two attached hydrogens (primary N) is 1.